The van der Waals surface area contributed by atoms with Crippen molar-refractivity contribution in [3.8, 4) is 11.5 Å². The van der Waals surface area contributed by atoms with Gasteiger partial charge in [0.25, 0.3) is 5.91 Å². The Kier molecular flexibility index (Phi) is 7.81. The molecule has 0 aromatic heterocycles. The molecule has 2 rings (SSSR count). The number of methoxy groups -OCH3 is 1. The van der Waals surface area contributed by atoms with Gasteiger partial charge in [0.15, 0.2) is 6.61 Å². The van der Waals surface area contributed by atoms with E-state index >= 15 is 0 Å². The van der Waals surface area contributed by atoms with Gasteiger partial charge >= 0.3 is 5.97 Å². The molecular weight excluding hydrogens is 552 g/mol. The maximum absolute atomic E-state index is 12.3. The first-order chi connectivity index (χ1) is 12.8. The number of aliphatic carboxylic acids is 1. The van der Waals surface area contributed by atoms with Crippen LogP contribution in [0.15, 0.2) is 48.9 Å². The Hall–Kier alpha value is -1.91. The molecule has 1 amide bonds. The van der Waals surface area contributed by atoms with Gasteiger partial charge in [-0.15, -0.1) is 0 Å². The number of nitrogens with zero attached hydrogens (tertiary/aromatic N) is 1. The zero-order chi connectivity index (χ0) is 20.0. The van der Waals surface area contributed by atoms with Gasteiger partial charge in [0.2, 0.25) is 0 Å². The van der Waals surface area contributed by atoms with E-state index in [0.29, 0.717) is 31.6 Å². The van der Waals surface area contributed by atoms with E-state index in [1.165, 1.54) is 13.3 Å². The number of carboxylic acid groups (broad SMARTS) is 1. The van der Waals surface area contributed by atoms with Gasteiger partial charge in [-0.2, -0.15) is 5.10 Å². The highest BCUT2D eigenvalue weighted by molar-refractivity contribution is 9.11. The van der Waals surface area contributed by atoms with E-state index in [0.717, 1.165) is 4.47 Å². The topological polar surface area (TPSA) is 97.2 Å². The van der Waals surface area contributed by atoms with E-state index in [9.17, 15) is 9.59 Å². The lowest BCUT2D eigenvalue weighted by atomic mass is 10.2. The van der Waals surface area contributed by atoms with Crippen LogP contribution in [0, 0.1) is 0 Å². The quantitative estimate of drug-likeness (QED) is 0.388. The number of hydrogen-bond acceptors (Lipinski definition) is 5. The summed E-state index contributed by atoms with van der Waals surface area (Å²) in [6.45, 7) is -0.463. The lowest BCUT2D eigenvalue weighted by Crippen LogP contribution is -2.18. The van der Waals surface area contributed by atoms with Crippen LogP contribution in [0.25, 0.3) is 0 Å². The summed E-state index contributed by atoms with van der Waals surface area (Å²) >= 11 is 9.94. The number of nitrogens with one attached hydrogen (secondary N) is 1. The lowest BCUT2D eigenvalue weighted by Gasteiger charge is -2.09. The molecular formula is C17H13Br3N2O5. The van der Waals surface area contributed by atoms with Gasteiger partial charge in [0.05, 0.1) is 27.8 Å². The predicted molar refractivity (Wildman–Crippen MR) is 111 cm³/mol. The summed E-state index contributed by atoms with van der Waals surface area (Å²) in [5.41, 5.74) is 3.42. The first kappa shape index (κ1) is 21.4. The van der Waals surface area contributed by atoms with Crippen molar-refractivity contribution in [2.45, 2.75) is 0 Å². The molecule has 0 aliphatic carbocycles. The molecule has 2 aromatic rings. The number of benzene rings is 2. The predicted octanol–water partition coefficient (Wildman–Crippen LogP) is 4.21. The highest BCUT2D eigenvalue weighted by Gasteiger charge is 2.13. The van der Waals surface area contributed by atoms with Crippen LogP contribution in [0.5, 0.6) is 11.5 Å². The van der Waals surface area contributed by atoms with Crippen LogP contribution in [0.4, 0.5) is 0 Å². The molecule has 10 heteroatoms. The van der Waals surface area contributed by atoms with Crippen molar-refractivity contribution < 1.29 is 24.2 Å². The number of carboxylic acids is 1. The van der Waals surface area contributed by atoms with E-state index in [4.69, 9.17) is 14.6 Å². The minimum absolute atomic E-state index is 0.337. The Labute approximate surface area is 180 Å². The van der Waals surface area contributed by atoms with Crippen molar-refractivity contribution in [1.29, 1.82) is 0 Å². The second-order valence-electron chi connectivity index (χ2n) is 5.04. The van der Waals surface area contributed by atoms with Gasteiger partial charge < -0.3 is 14.6 Å². The summed E-state index contributed by atoms with van der Waals surface area (Å²) in [7, 11) is 1.48. The maximum atomic E-state index is 12.3. The third-order valence-corrected chi connectivity index (χ3v) is 4.82. The van der Waals surface area contributed by atoms with E-state index in [-0.39, 0.29) is 0 Å². The molecule has 0 aliphatic rings. The Morgan fingerprint density at radius 2 is 1.85 bits per heavy atom. The van der Waals surface area contributed by atoms with Gasteiger partial charge in [-0.05, 0) is 67.8 Å². The Bertz CT molecular complexity index is 879. The van der Waals surface area contributed by atoms with Gasteiger partial charge in [0, 0.05) is 4.47 Å². The number of rotatable bonds is 7. The highest BCUT2D eigenvalue weighted by atomic mass is 79.9. The minimum atomic E-state index is -1.08. The second kappa shape index (κ2) is 9.86. The fourth-order valence-electron chi connectivity index (χ4n) is 2.01. The molecule has 2 N–H and O–H groups in total. The maximum Gasteiger partial charge on any atom is 0.341 e. The van der Waals surface area contributed by atoms with Crippen LogP contribution in [0.2, 0.25) is 0 Å². The average molecular weight is 565 g/mol. The van der Waals surface area contributed by atoms with Crippen LogP contribution >= 0.6 is 47.8 Å². The molecule has 0 heterocycles. The highest BCUT2D eigenvalue weighted by Crippen LogP contribution is 2.34. The average Bonchev–Trinajstić information content (AvgIpc) is 2.60. The van der Waals surface area contributed by atoms with Gasteiger partial charge in [-0.3, -0.25) is 4.79 Å². The van der Waals surface area contributed by atoms with Crippen molar-refractivity contribution in [3.05, 3.63) is 54.9 Å². The van der Waals surface area contributed by atoms with Crippen LogP contribution < -0.4 is 14.9 Å². The molecule has 0 saturated carbocycles. The zero-order valence-corrected chi connectivity index (χ0v) is 18.6. The molecule has 0 aliphatic heterocycles. The Morgan fingerprint density at radius 1 is 1.19 bits per heavy atom. The van der Waals surface area contributed by atoms with Crippen LogP contribution in [0.1, 0.15) is 15.9 Å². The zero-order valence-electron chi connectivity index (χ0n) is 13.8. The molecule has 0 saturated heterocycles. The standard InChI is InChI=1S/C17H13Br3N2O5/c1-26-14-3-2-10(18)6-11(14)17(25)22-21-7-9-4-12(19)16(13(20)5-9)27-8-15(23)24/h2-7H,8H2,1H3,(H,22,25)(H,23,24)/b21-7-. The van der Waals surface area contributed by atoms with Crippen molar-refractivity contribution in [2.24, 2.45) is 5.10 Å². The third-order valence-electron chi connectivity index (χ3n) is 3.15. The number of halogens is 3. The number of hydrogen-bond donors (Lipinski definition) is 2. The molecule has 0 atom stereocenters. The van der Waals surface area contributed by atoms with Crippen molar-refractivity contribution in [2.75, 3.05) is 13.7 Å². The number of amides is 1. The lowest BCUT2D eigenvalue weighted by molar-refractivity contribution is -0.139. The van der Waals surface area contributed by atoms with Gasteiger partial charge in [-0.1, -0.05) is 15.9 Å². The summed E-state index contributed by atoms with van der Waals surface area (Å²) in [5, 5.41) is 12.6. The van der Waals surface area contributed by atoms with Crippen molar-refractivity contribution in [3.63, 3.8) is 0 Å². The van der Waals surface area contributed by atoms with E-state index in [1.807, 2.05) is 0 Å². The molecule has 7 nitrogen and oxygen atoms in total. The minimum Gasteiger partial charge on any atom is -0.496 e. The Balaban J connectivity index is 2.11. The molecule has 0 unspecified atom stereocenters. The molecule has 0 bridgehead atoms. The normalized spacial score (nSPS) is 10.7. The Morgan fingerprint density at radius 3 is 2.44 bits per heavy atom. The second-order valence-corrected chi connectivity index (χ2v) is 7.66. The van der Waals surface area contributed by atoms with Crippen LogP contribution in [-0.4, -0.2) is 36.9 Å². The van der Waals surface area contributed by atoms with Crippen molar-refractivity contribution in [1.82, 2.24) is 5.43 Å². The summed E-state index contributed by atoms with van der Waals surface area (Å²) in [5.74, 6) is -0.720. The van der Waals surface area contributed by atoms with E-state index in [2.05, 4.69) is 58.3 Å². The van der Waals surface area contributed by atoms with Crippen LogP contribution in [0.3, 0.4) is 0 Å². The molecule has 142 valence electrons. The molecule has 0 radical (unpaired) electrons. The van der Waals surface area contributed by atoms with Crippen molar-refractivity contribution >= 4 is 65.9 Å². The molecule has 27 heavy (non-hydrogen) atoms. The number of carbonyl (C=O) groups excluding carboxylic acids is 1. The SMILES string of the molecule is COc1ccc(Br)cc1C(=O)N/N=C\c1cc(Br)c(OCC(=O)O)c(Br)c1. The fraction of sp³-hybridized carbons (Fsp3) is 0.118. The largest absolute Gasteiger partial charge is 0.496 e. The first-order valence-corrected chi connectivity index (χ1v) is 9.70. The van der Waals surface area contributed by atoms with Gasteiger partial charge in [-0.25, -0.2) is 10.2 Å². The summed E-state index contributed by atoms with van der Waals surface area (Å²) in [6.07, 6.45) is 1.44. The summed E-state index contributed by atoms with van der Waals surface area (Å²) in [4.78, 5) is 22.9. The van der Waals surface area contributed by atoms with Gasteiger partial charge in [0.1, 0.15) is 11.5 Å². The number of ether oxygens (including phenoxy) is 2. The smallest absolute Gasteiger partial charge is 0.341 e. The van der Waals surface area contributed by atoms with Crippen LogP contribution in [-0.2, 0) is 4.79 Å². The van der Waals surface area contributed by atoms with E-state index < -0.39 is 18.5 Å². The number of carbonyl (C=O) groups is 2. The first-order valence-electron chi connectivity index (χ1n) is 7.32. The summed E-state index contributed by atoms with van der Waals surface area (Å²) < 4.78 is 12.2. The molecule has 2 aromatic carbocycles. The fourth-order valence-corrected chi connectivity index (χ4v) is 3.82. The molecule has 0 spiro atoms. The third kappa shape index (κ3) is 6.05. The summed E-state index contributed by atoms with van der Waals surface area (Å²) in [6, 6.07) is 8.43. The van der Waals surface area contributed by atoms with E-state index in [1.54, 1.807) is 30.3 Å². The molecule has 0 fully saturated rings. The monoisotopic (exact) mass is 562 g/mol. The number of hydrazone groups is 1.